The van der Waals surface area contributed by atoms with Crippen LogP contribution in [-0.2, 0) is 0 Å². The van der Waals surface area contributed by atoms with E-state index in [0.717, 1.165) is 6.42 Å². The molecule has 7 heteroatoms. The summed E-state index contributed by atoms with van der Waals surface area (Å²) < 4.78 is 36.8. The minimum atomic E-state index is -4.24. The van der Waals surface area contributed by atoms with Gasteiger partial charge in [0.2, 0.25) is 0 Å². The molecule has 0 aromatic carbocycles. The van der Waals surface area contributed by atoms with Crippen molar-refractivity contribution in [3.05, 3.63) is 0 Å². The molecule has 118 valence electrons. The van der Waals surface area contributed by atoms with E-state index in [4.69, 9.17) is 5.73 Å². The van der Waals surface area contributed by atoms with Gasteiger partial charge in [0.15, 0.2) is 0 Å². The molecule has 1 rings (SSSR count). The van der Waals surface area contributed by atoms with E-state index in [1.807, 2.05) is 0 Å². The van der Waals surface area contributed by atoms with Gasteiger partial charge in [-0.1, -0.05) is 20.8 Å². The van der Waals surface area contributed by atoms with Gasteiger partial charge in [-0.3, -0.25) is 0 Å². The maximum atomic E-state index is 12.3. The van der Waals surface area contributed by atoms with Gasteiger partial charge in [-0.25, -0.2) is 4.79 Å². The number of carbonyl (C=O) groups excluding carboxylic acids is 1. The molecule has 1 fully saturated rings. The first-order chi connectivity index (χ1) is 8.96. The number of nitrogens with zero attached hydrogens (tertiary/aromatic N) is 1. The first-order valence-corrected chi connectivity index (χ1v) is 6.81. The number of likely N-dealkylation sites (tertiary alicyclic amines) is 1. The zero-order valence-corrected chi connectivity index (χ0v) is 12.3. The summed E-state index contributed by atoms with van der Waals surface area (Å²) in [6.45, 7) is 5.96. The third-order valence-corrected chi connectivity index (χ3v) is 3.34. The van der Waals surface area contributed by atoms with E-state index >= 15 is 0 Å². The number of nitrogens with two attached hydrogens (primary N) is 1. The highest BCUT2D eigenvalue weighted by atomic mass is 19.4. The van der Waals surface area contributed by atoms with Gasteiger partial charge in [0.1, 0.15) is 0 Å². The Hall–Kier alpha value is -0.980. The Balaban J connectivity index is 2.63. The lowest BCUT2D eigenvalue weighted by Gasteiger charge is -2.39. The molecule has 0 bridgehead atoms. The fourth-order valence-electron chi connectivity index (χ4n) is 2.81. The average Bonchev–Trinajstić information content (AvgIpc) is 2.22. The number of alkyl halides is 3. The third kappa shape index (κ3) is 6.45. The number of nitrogens with one attached hydrogen (secondary N) is 1. The lowest BCUT2D eigenvalue weighted by molar-refractivity contribution is -0.127. The summed E-state index contributed by atoms with van der Waals surface area (Å²) in [5, 5.41) is 2.49. The molecule has 4 nitrogen and oxygen atoms in total. The third-order valence-electron chi connectivity index (χ3n) is 3.34. The summed E-state index contributed by atoms with van der Waals surface area (Å²) in [4.78, 5) is 12.7. The second-order valence-corrected chi connectivity index (χ2v) is 6.80. The highest BCUT2D eigenvalue weighted by Gasteiger charge is 2.34. The number of rotatable bonds is 3. The van der Waals surface area contributed by atoms with Gasteiger partial charge in [-0.2, -0.15) is 13.2 Å². The van der Waals surface area contributed by atoms with Crippen molar-refractivity contribution >= 4 is 6.03 Å². The molecule has 0 saturated carbocycles. The topological polar surface area (TPSA) is 58.4 Å². The summed E-state index contributed by atoms with van der Waals surface area (Å²) in [5.41, 5.74) is 5.34. The van der Waals surface area contributed by atoms with Crippen LogP contribution >= 0.6 is 0 Å². The second kappa shape index (κ2) is 6.20. The molecule has 1 saturated heterocycles. The monoisotopic (exact) mass is 295 g/mol. The van der Waals surface area contributed by atoms with Crippen LogP contribution in [0.25, 0.3) is 0 Å². The van der Waals surface area contributed by atoms with Crippen LogP contribution < -0.4 is 11.1 Å². The van der Waals surface area contributed by atoms with Crippen LogP contribution in [-0.4, -0.2) is 42.8 Å². The number of piperidine rings is 1. The van der Waals surface area contributed by atoms with Crippen molar-refractivity contribution < 1.29 is 18.0 Å². The molecule has 2 unspecified atom stereocenters. The van der Waals surface area contributed by atoms with Crippen molar-refractivity contribution in [1.82, 2.24) is 10.2 Å². The molecule has 0 spiro atoms. The van der Waals surface area contributed by atoms with Gasteiger partial charge in [0.05, 0.1) is 6.54 Å². The SMILES string of the molecule is CC(C)(C)CC1CC(NCC(F)(F)F)CN(C(N)=O)C1. The Morgan fingerprint density at radius 3 is 2.35 bits per heavy atom. The van der Waals surface area contributed by atoms with E-state index < -0.39 is 18.8 Å². The lowest BCUT2D eigenvalue weighted by Crippen LogP contribution is -2.54. The maximum Gasteiger partial charge on any atom is 0.401 e. The lowest BCUT2D eigenvalue weighted by atomic mass is 9.80. The largest absolute Gasteiger partial charge is 0.401 e. The fourth-order valence-corrected chi connectivity index (χ4v) is 2.81. The molecule has 1 aliphatic rings. The number of carbonyl (C=O) groups is 1. The highest BCUT2D eigenvalue weighted by Crippen LogP contribution is 2.30. The second-order valence-electron chi connectivity index (χ2n) is 6.80. The standard InChI is InChI=1S/C13H24F3N3O/c1-12(2,3)5-9-4-10(18-8-13(14,15)16)7-19(6-9)11(17)20/h9-10,18H,4-8H2,1-3H3,(H2,17,20). The predicted octanol–water partition coefficient (Wildman–Crippen LogP) is 2.34. The maximum absolute atomic E-state index is 12.3. The molecule has 20 heavy (non-hydrogen) atoms. The summed E-state index contributed by atoms with van der Waals surface area (Å²) in [6, 6.07) is -0.923. The van der Waals surface area contributed by atoms with E-state index in [0.29, 0.717) is 13.0 Å². The van der Waals surface area contributed by atoms with Gasteiger partial charge < -0.3 is 16.0 Å². The molecule has 0 aliphatic carbocycles. The number of hydrogen-bond acceptors (Lipinski definition) is 2. The van der Waals surface area contributed by atoms with Crippen LogP contribution in [0, 0.1) is 11.3 Å². The molecular weight excluding hydrogens is 271 g/mol. The van der Waals surface area contributed by atoms with Crippen molar-refractivity contribution in [2.24, 2.45) is 17.1 Å². The number of halogens is 3. The molecule has 0 aromatic rings. The Morgan fingerprint density at radius 2 is 1.90 bits per heavy atom. The molecule has 0 aromatic heterocycles. The minimum Gasteiger partial charge on any atom is -0.351 e. The summed E-state index contributed by atoms with van der Waals surface area (Å²) in [5.74, 6) is 0.169. The first-order valence-electron chi connectivity index (χ1n) is 6.81. The normalized spacial score (nSPS) is 24.8. The van der Waals surface area contributed by atoms with Crippen molar-refractivity contribution in [1.29, 1.82) is 0 Å². The predicted molar refractivity (Wildman–Crippen MR) is 71.2 cm³/mol. The van der Waals surface area contributed by atoms with E-state index in [9.17, 15) is 18.0 Å². The number of amides is 2. The smallest absolute Gasteiger partial charge is 0.351 e. The average molecular weight is 295 g/mol. The molecule has 0 radical (unpaired) electrons. The van der Waals surface area contributed by atoms with Gasteiger partial charge in [-0.05, 0) is 24.2 Å². The summed E-state index contributed by atoms with van der Waals surface area (Å²) >= 11 is 0. The van der Waals surface area contributed by atoms with E-state index in [1.54, 1.807) is 0 Å². The van der Waals surface area contributed by atoms with Gasteiger partial charge in [0.25, 0.3) is 0 Å². The molecule has 2 amide bonds. The molecular formula is C13H24F3N3O. The number of primary amides is 1. The Kier molecular flexibility index (Phi) is 5.29. The van der Waals surface area contributed by atoms with E-state index in [-0.39, 0.29) is 23.9 Å². The number of urea groups is 1. The van der Waals surface area contributed by atoms with Gasteiger partial charge in [0, 0.05) is 19.1 Å². The van der Waals surface area contributed by atoms with Crippen molar-refractivity contribution in [2.45, 2.75) is 45.8 Å². The van der Waals surface area contributed by atoms with Crippen LogP contribution in [0.1, 0.15) is 33.6 Å². The molecule has 1 heterocycles. The Morgan fingerprint density at radius 1 is 1.30 bits per heavy atom. The van der Waals surface area contributed by atoms with E-state index in [2.05, 4.69) is 26.1 Å². The quantitative estimate of drug-likeness (QED) is 0.839. The molecule has 1 aliphatic heterocycles. The fraction of sp³-hybridized carbons (Fsp3) is 0.923. The zero-order chi connectivity index (χ0) is 15.6. The van der Waals surface area contributed by atoms with Crippen LogP contribution in [0.15, 0.2) is 0 Å². The van der Waals surface area contributed by atoms with Gasteiger partial charge in [-0.15, -0.1) is 0 Å². The van der Waals surface area contributed by atoms with Crippen LogP contribution in [0.5, 0.6) is 0 Å². The van der Waals surface area contributed by atoms with Crippen molar-refractivity contribution in [3.63, 3.8) is 0 Å². The molecule has 2 atom stereocenters. The summed E-state index contributed by atoms with van der Waals surface area (Å²) in [6.07, 6.45) is -2.76. The van der Waals surface area contributed by atoms with Crippen LogP contribution in [0.4, 0.5) is 18.0 Å². The Bertz CT molecular complexity index is 339. The first kappa shape index (κ1) is 17.1. The number of hydrogen-bond donors (Lipinski definition) is 2. The molecule has 3 N–H and O–H groups in total. The van der Waals surface area contributed by atoms with Crippen molar-refractivity contribution in [2.75, 3.05) is 19.6 Å². The van der Waals surface area contributed by atoms with E-state index in [1.165, 1.54) is 4.90 Å². The van der Waals surface area contributed by atoms with Crippen molar-refractivity contribution in [3.8, 4) is 0 Å². The summed E-state index contributed by atoms with van der Waals surface area (Å²) in [7, 11) is 0. The highest BCUT2D eigenvalue weighted by molar-refractivity contribution is 5.72. The van der Waals surface area contributed by atoms with Crippen LogP contribution in [0.3, 0.4) is 0 Å². The minimum absolute atomic E-state index is 0.0693. The van der Waals surface area contributed by atoms with Crippen LogP contribution in [0.2, 0.25) is 0 Å². The zero-order valence-electron chi connectivity index (χ0n) is 12.3. The Labute approximate surface area is 117 Å². The van der Waals surface area contributed by atoms with Gasteiger partial charge >= 0.3 is 12.2 Å².